The van der Waals surface area contributed by atoms with Crippen molar-refractivity contribution in [2.45, 2.75) is 12.8 Å². The molecule has 0 amide bonds. The zero-order chi connectivity index (χ0) is 20.1. The van der Waals surface area contributed by atoms with Gasteiger partial charge < -0.3 is 0 Å². The lowest BCUT2D eigenvalue weighted by Crippen LogP contribution is -1.95. The topological polar surface area (TPSA) is 30.2 Å². The van der Waals surface area contributed by atoms with E-state index in [1.807, 2.05) is 24.7 Å². The predicted octanol–water partition coefficient (Wildman–Crippen LogP) is 6.18. The summed E-state index contributed by atoms with van der Waals surface area (Å²) in [5, 5.41) is 3.68. The summed E-state index contributed by atoms with van der Waals surface area (Å²) in [5.74, 6) is 0. The summed E-state index contributed by atoms with van der Waals surface area (Å²) in [4.78, 5) is 9.43. The fraction of sp³-hybridized carbons (Fsp3) is 0.0714. The van der Waals surface area contributed by atoms with Crippen LogP contribution in [0.1, 0.15) is 22.3 Å². The lowest BCUT2D eigenvalue weighted by molar-refractivity contribution is 1.19. The third kappa shape index (κ3) is 1.85. The van der Waals surface area contributed by atoms with Crippen LogP contribution in [0.25, 0.3) is 49.7 Å². The van der Waals surface area contributed by atoms with E-state index in [1.54, 1.807) is 0 Å². The standard InChI is InChI=1S/C28H17N3/c1-2-5-18-16(4-1)14-17-7-8-19-20-9-10-21-22-6-3-11-29-27(22)31-13-12-30-28(31)26(21)24(20)15-23(19)25(17)18/h1-13H,14-15H2. The number of hydrogen-bond donors (Lipinski definition) is 0. The Morgan fingerprint density at radius 2 is 1.48 bits per heavy atom. The van der Waals surface area contributed by atoms with Crippen molar-refractivity contribution < 1.29 is 0 Å². The number of imidazole rings is 1. The molecule has 2 aliphatic carbocycles. The maximum absolute atomic E-state index is 4.77. The van der Waals surface area contributed by atoms with Gasteiger partial charge in [-0.25, -0.2) is 9.97 Å². The molecule has 0 unspecified atom stereocenters. The molecule has 0 saturated heterocycles. The number of pyridine rings is 2. The van der Waals surface area contributed by atoms with Gasteiger partial charge in [-0.2, -0.15) is 0 Å². The quantitative estimate of drug-likeness (QED) is 0.287. The summed E-state index contributed by atoms with van der Waals surface area (Å²) in [6.07, 6.45) is 7.76. The van der Waals surface area contributed by atoms with Crippen LogP contribution in [-0.2, 0) is 12.8 Å². The Labute approximate surface area is 178 Å². The molecule has 0 spiro atoms. The van der Waals surface area contributed by atoms with E-state index in [2.05, 4.69) is 64.0 Å². The third-order valence-electron chi connectivity index (χ3n) is 7.19. The molecule has 8 rings (SSSR count). The van der Waals surface area contributed by atoms with Gasteiger partial charge in [0.1, 0.15) is 11.3 Å². The van der Waals surface area contributed by atoms with Crippen LogP contribution in [0, 0.1) is 0 Å². The summed E-state index contributed by atoms with van der Waals surface area (Å²) in [6.45, 7) is 0. The van der Waals surface area contributed by atoms with E-state index in [-0.39, 0.29) is 0 Å². The smallest absolute Gasteiger partial charge is 0.146 e. The van der Waals surface area contributed by atoms with Crippen LogP contribution in [0.5, 0.6) is 0 Å². The largest absolute Gasteiger partial charge is 0.283 e. The van der Waals surface area contributed by atoms with Gasteiger partial charge in [0.25, 0.3) is 0 Å². The van der Waals surface area contributed by atoms with Gasteiger partial charge >= 0.3 is 0 Å². The molecule has 6 aromatic rings. The number of hydrogen-bond acceptors (Lipinski definition) is 2. The Balaban J connectivity index is 1.49. The minimum atomic E-state index is 0.952. The summed E-state index contributed by atoms with van der Waals surface area (Å²) >= 11 is 0. The van der Waals surface area contributed by atoms with Crippen LogP contribution in [0.4, 0.5) is 0 Å². The number of rotatable bonds is 0. The normalized spacial score (nSPS) is 13.5. The lowest BCUT2D eigenvalue weighted by atomic mass is 9.95. The molecule has 31 heavy (non-hydrogen) atoms. The molecule has 3 aromatic carbocycles. The van der Waals surface area contributed by atoms with Crippen molar-refractivity contribution in [1.29, 1.82) is 0 Å². The van der Waals surface area contributed by atoms with Crippen LogP contribution in [0.3, 0.4) is 0 Å². The van der Waals surface area contributed by atoms with Crippen LogP contribution in [0.2, 0.25) is 0 Å². The number of benzene rings is 3. The molecule has 0 bridgehead atoms. The van der Waals surface area contributed by atoms with Crippen molar-refractivity contribution in [3.8, 4) is 22.3 Å². The first kappa shape index (κ1) is 15.8. The van der Waals surface area contributed by atoms with E-state index in [9.17, 15) is 0 Å². The molecule has 2 aliphatic rings. The first-order chi connectivity index (χ1) is 15.4. The van der Waals surface area contributed by atoms with Gasteiger partial charge in [0.05, 0.1) is 0 Å². The van der Waals surface area contributed by atoms with Crippen LogP contribution in [0.15, 0.2) is 79.3 Å². The molecule has 0 fully saturated rings. The second-order valence-corrected chi connectivity index (χ2v) is 8.65. The van der Waals surface area contributed by atoms with E-state index in [0.29, 0.717) is 0 Å². The van der Waals surface area contributed by atoms with E-state index in [1.165, 1.54) is 60.7 Å². The number of fused-ring (bicyclic) bond motifs is 14. The Bertz CT molecular complexity index is 1740. The van der Waals surface area contributed by atoms with Gasteiger partial charge in [-0.1, -0.05) is 48.5 Å². The SMILES string of the molecule is c1ccc2c(c1)Cc1ccc3c(c1-2)Cc1c-3ccc2c3cccnc3n3ccnc3c12. The van der Waals surface area contributed by atoms with Crippen molar-refractivity contribution in [1.82, 2.24) is 14.4 Å². The molecule has 3 nitrogen and oxygen atoms in total. The summed E-state index contributed by atoms with van der Waals surface area (Å²) in [6, 6.07) is 22.3. The van der Waals surface area contributed by atoms with E-state index in [0.717, 1.165) is 24.1 Å². The Hall–Kier alpha value is -3.98. The highest BCUT2D eigenvalue weighted by Crippen LogP contribution is 2.49. The van der Waals surface area contributed by atoms with Crippen LogP contribution < -0.4 is 0 Å². The molecule has 0 radical (unpaired) electrons. The van der Waals surface area contributed by atoms with Crippen molar-refractivity contribution in [2.24, 2.45) is 0 Å². The van der Waals surface area contributed by atoms with Gasteiger partial charge in [-0.15, -0.1) is 0 Å². The molecule has 3 heterocycles. The van der Waals surface area contributed by atoms with Crippen molar-refractivity contribution in [3.05, 3.63) is 102 Å². The Morgan fingerprint density at radius 1 is 0.613 bits per heavy atom. The molecule has 3 aromatic heterocycles. The maximum atomic E-state index is 4.77. The number of nitrogens with zero attached hydrogens (tertiary/aromatic N) is 3. The number of aromatic nitrogens is 3. The molecule has 0 N–H and O–H groups in total. The van der Waals surface area contributed by atoms with Crippen molar-refractivity contribution in [3.63, 3.8) is 0 Å². The summed E-state index contributed by atoms with van der Waals surface area (Å²) < 4.78 is 2.14. The molecular formula is C28H17N3. The Morgan fingerprint density at radius 3 is 2.48 bits per heavy atom. The van der Waals surface area contributed by atoms with Gasteiger partial charge in [0.2, 0.25) is 0 Å². The monoisotopic (exact) mass is 395 g/mol. The molecule has 144 valence electrons. The van der Waals surface area contributed by atoms with E-state index in [4.69, 9.17) is 4.98 Å². The Kier molecular flexibility index (Phi) is 2.74. The molecule has 0 atom stereocenters. The van der Waals surface area contributed by atoms with Crippen molar-refractivity contribution >= 4 is 27.5 Å². The zero-order valence-electron chi connectivity index (χ0n) is 16.8. The van der Waals surface area contributed by atoms with E-state index < -0.39 is 0 Å². The zero-order valence-corrected chi connectivity index (χ0v) is 16.8. The van der Waals surface area contributed by atoms with E-state index >= 15 is 0 Å². The highest BCUT2D eigenvalue weighted by molar-refractivity contribution is 6.14. The second-order valence-electron chi connectivity index (χ2n) is 8.65. The summed E-state index contributed by atoms with van der Waals surface area (Å²) in [5.41, 5.74) is 13.3. The molecule has 0 aliphatic heterocycles. The third-order valence-corrected chi connectivity index (χ3v) is 7.19. The van der Waals surface area contributed by atoms with Gasteiger partial charge in [-0.3, -0.25) is 4.40 Å². The van der Waals surface area contributed by atoms with Gasteiger partial charge in [-0.05, 0) is 68.4 Å². The average Bonchev–Trinajstić information content (AvgIpc) is 3.53. The molecule has 0 saturated carbocycles. The lowest BCUT2D eigenvalue weighted by Gasteiger charge is -2.11. The minimum Gasteiger partial charge on any atom is -0.283 e. The van der Waals surface area contributed by atoms with Gasteiger partial charge in [0.15, 0.2) is 0 Å². The first-order valence-corrected chi connectivity index (χ1v) is 10.8. The fourth-order valence-corrected chi connectivity index (χ4v) is 5.94. The highest BCUT2D eigenvalue weighted by atomic mass is 15.0. The average molecular weight is 395 g/mol. The van der Waals surface area contributed by atoms with Crippen LogP contribution >= 0.6 is 0 Å². The fourth-order valence-electron chi connectivity index (χ4n) is 5.94. The maximum Gasteiger partial charge on any atom is 0.146 e. The molecular weight excluding hydrogens is 378 g/mol. The molecule has 3 heteroatoms. The second kappa shape index (κ2) is 5.38. The minimum absolute atomic E-state index is 0.952. The van der Waals surface area contributed by atoms with Crippen molar-refractivity contribution in [2.75, 3.05) is 0 Å². The summed E-state index contributed by atoms with van der Waals surface area (Å²) in [7, 11) is 0. The first-order valence-electron chi connectivity index (χ1n) is 10.8. The van der Waals surface area contributed by atoms with Crippen LogP contribution in [-0.4, -0.2) is 14.4 Å². The highest BCUT2D eigenvalue weighted by Gasteiger charge is 2.30. The van der Waals surface area contributed by atoms with Gasteiger partial charge in [0, 0.05) is 35.8 Å². The predicted molar refractivity (Wildman–Crippen MR) is 124 cm³/mol.